The molecule has 1 nitrogen and oxygen atoms in total. The Balaban J connectivity index is 2.20. The smallest absolute Gasteiger partial charge is 0.147 e. The van der Waals surface area contributed by atoms with Gasteiger partial charge in [-0.3, -0.25) is 0 Å². The van der Waals surface area contributed by atoms with Gasteiger partial charge in [-0.1, -0.05) is 29.8 Å². The van der Waals surface area contributed by atoms with E-state index in [0.717, 1.165) is 16.8 Å². The lowest BCUT2D eigenvalue weighted by molar-refractivity contribution is 0.617. The molecule has 0 saturated heterocycles. The molecule has 0 aliphatic rings. The maximum atomic E-state index is 14.6. The molecule has 0 fully saturated rings. The average molecular weight is 323 g/mol. The lowest BCUT2D eigenvalue weighted by atomic mass is 10.1. The minimum atomic E-state index is -0.337. The second kappa shape index (κ2) is 6.44. The van der Waals surface area contributed by atoms with Gasteiger partial charge in [0.25, 0.3) is 0 Å². The molecule has 3 heteroatoms. The summed E-state index contributed by atoms with van der Waals surface area (Å²) in [5.41, 5.74) is 4.28. The van der Waals surface area contributed by atoms with Crippen molar-refractivity contribution in [2.45, 2.75) is 20.8 Å². The van der Waals surface area contributed by atoms with E-state index in [1.165, 1.54) is 12.1 Å². The van der Waals surface area contributed by atoms with Crippen molar-refractivity contribution in [1.29, 1.82) is 0 Å². The van der Waals surface area contributed by atoms with Crippen molar-refractivity contribution in [2.24, 2.45) is 0 Å². The maximum Gasteiger partial charge on any atom is 0.147 e. The Morgan fingerprint density at radius 2 is 1.25 bits per heavy atom. The summed E-state index contributed by atoms with van der Waals surface area (Å²) in [5, 5.41) is 0. The Bertz CT molecular complexity index is 870. The molecule has 3 rings (SSSR count). The van der Waals surface area contributed by atoms with E-state index < -0.39 is 0 Å². The molecule has 0 atom stereocenters. The number of halogens is 2. The molecule has 122 valence electrons. The van der Waals surface area contributed by atoms with Crippen molar-refractivity contribution >= 4 is 17.1 Å². The molecule has 3 aromatic carbocycles. The minimum Gasteiger partial charge on any atom is -0.308 e. The molecule has 0 amide bonds. The van der Waals surface area contributed by atoms with Crippen LogP contribution in [0.25, 0.3) is 0 Å². The summed E-state index contributed by atoms with van der Waals surface area (Å²) >= 11 is 0. The molecule has 0 aliphatic heterocycles. The summed E-state index contributed by atoms with van der Waals surface area (Å²) < 4.78 is 28.7. The van der Waals surface area contributed by atoms with E-state index in [9.17, 15) is 8.78 Å². The number of anilines is 3. The van der Waals surface area contributed by atoms with Crippen LogP contribution in [0.1, 0.15) is 16.7 Å². The lowest BCUT2D eigenvalue weighted by Crippen LogP contribution is -2.12. The molecular weight excluding hydrogens is 304 g/mol. The molecule has 0 spiro atoms. The standard InChI is InChI=1S/C21H19F2N/c1-14-4-8-17(9-5-14)24(18-10-7-16(3)19(22)13-18)21-11-6-15(2)12-20(21)23/h4-13H,1-3H3. The van der Waals surface area contributed by atoms with Crippen LogP contribution in [-0.2, 0) is 0 Å². The molecule has 0 bridgehead atoms. The van der Waals surface area contributed by atoms with Gasteiger partial charge in [-0.2, -0.15) is 0 Å². The quantitative estimate of drug-likeness (QED) is 0.542. The highest BCUT2D eigenvalue weighted by molar-refractivity contribution is 5.77. The fourth-order valence-corrected chi connectivity index (χ4v) is 2.64. The van der Waals surface area contributed by atoms with Gasteiger partial charge in [0.05, 0.1) is 5.69 Å². The van der Waals surface area contributed by atoms with Gasteiger partial charge in [-0.25, -0.2) is 8.78 Å². The summed E-state index contributed by atoms with van der Waals surface area (Å²) in [6.07, 6.45) is 0. The molecule has 0 aliphatic carbocycles. The highest BCUT2D eigenvalue weighted by Crippen LogP contribution is 2.36. The fourth-order valence-electron chi connectivity index (χ4n) is 2.64. The topological polar surface area (TPSA) is 3.24 Å². The van der Waals surface area contributed by atoms with Crippen LogP contribution in [0.15, 0.2) is 60.7 Å². The first-order valence-corrected chi connectivity index (χ1v) is 7.85. The van der Waals surface area contributed by atoms with Crippen molar-refractivity contribution in [3.8, 4) is 0 Å². The van der Waals surface area contributed by atoms with Gasteiger partial charge in [-0.05, 0) is 68.3 Å². The van der Waals surface area contributed by atoms with Crippen molar-refractivity contribution in [3.63, 3.8) is 0 Å². The van der Waals surface area contributed by atoms with Gasteiger partial charge < -0.3 is 4.90 Å². The van der Waals surface area contributed by atoms with E-state index in [1.807, 2.05) is 44.2 Å². The molecule has 0 radical (unpaired) electrons. The third kappa shape index (κ3) is 3.16. The van der Waals surface area contributed by atoms with Gasteiger partial charge in [0, 0.05) is 11.4 Å². The zero-order valence-corrected chi connectivity index (χ0v) is 14.0. The molecule has 3 aromatic rings. The number of nitrogens with zero attached hydrogens (tertiary/aromatic N) is 1. The van der Waals surface area contributed by atoms with Crippen LogP contribution in [-0.4, -0.2) is 0 Å². The number of hydrogen-bond acceptors (Lipinski definition) is 1. The number of aryl methyl sites for hydroxylation is 3. The van der Waals surface area contributed by atoms with Gasteiger partial charge >= 0.3 is 0 Å². The zero-order valence-electron chi connectivity index (χ0n) is 14.0. The predicted molar refractivity (Wildman–Crippen MR) is 95.3 cm³/mol. The molecule has 0 aromatic heterocycles. The van der Waals surface area contributed by atoms with Crippen LogP contribution in [0.5, 0.6) is 0 Å². The van der Waals surface area contributed by atoms with Gasteiger partial charge in [0.15, 0.2) is 0 Å². The summed E-state index contributed by atoms with van der Waals surface area (Å²) in [5.74, 6) is -0.645. The van der Waals surface area contributed by atoms with E-state index in [4.69, 9.17) is 0 Å². The van der Waals surface area contributed by atoms with Crippen LogP contribution in [0.4, 0.5) is 25.8 Å². The lowest BCUT2D eigenvalue weighted by Gasteiger charge is -2.26. The minimum absolute atomic E-state index is 0.308. The third-order valence-electron chi connectivity index (χ3n) is 4.05. The van der Waals surface area contributed by atoms with Gasteiger partial charge in [-0.15, -0.1) is 0 Å². The third-order valence-corrected chi connectivity index (χ3v) is 4.05. The van der Waals surface area contributed by atoms with Crippen LogP contribution >= 0.6 is 0 Å². The molecule has 0 saturated carbocycles. The van der Waals surface area contributed by atoms with Crippen molar-refractivity contribution in [1.82, 2.24) is 0 Å². The summed E-state index contributed by atoms with van der Waals surface area (Å²) in [6.45, 7) is 5.54. The number of hydrogen-bond donors (Lipinski definition) is 0. The fraction of sp³-hybridized carbons (Fsp3) is 0.143. The van der Waals surface area contributed by atoms with Crippen molar-refractivity contribution < 1.29 is 8.78 Å². The number of benzene rings is 3. The predicted octanol–water partition coefficient (Wildman–Crippen LogP) is 6.36. The molecule has 0 heterocycles. The molecule has 0 N–H and O–H groups in total. The van der Waals surface area contributed by atoms with Crippen LogP contribution in [0.3, 0.4) is 0 Å². The molecular formula is C21H19F2N. The number of rotatable bonds is 3. The largest absolute Gasteiger partial charge is 0.308 e. The van der Waals surface area contributed by atoms with E-state index >= 15 is 0 Å². The van der Waals surface area contributed by atoms with E-state index in [2.05, 4.69) is 0 Å². The first kappa shape index (κ1) is 16.2. The van der Waals surface area contributed by atoms with E-state index in [1.54, 1.807) is 30.0 Å². The van der Waals surface area contributed by atoms with Crippen molar-refractivity contribution in [2.75, 3.05) is 4.90 Å². The van der Waals surface area contributed by atoms with E-state index in [0.29, 0.717) is 16.9 Å². The maximum absolute atomic E-state index is 14.6. The second-order valence-electron chi connectivity index (χ2n) is 6.06. The Hall–Kier alpha value is -2.68. The van der Waals surface area contributed by atoms with Crippen LogP contribution < -0.4 is 4.90 Å². The van der Waals surface area contributed by atoms with Crippen LogP contribution in [0.2, 0.25) is 0 Å². The van der Waals surface area contributed by atoms with Gasteiger partial charge in [0.2, 0.25) is 0 Å². The second-order valence-corrected chi connectivity index (χ2v) is 6.06. The Kier molecular flexibility index (Phi) is 4.34. The summed E-state index contributed by atoms with van der Waals surface area (Å²) in [7, 11) is 0. The normalized spacial score (nSPS) is 10.7. The van der Waals surface area contributed by atoms with Crippen molar-refractivity contribution in [3.05, 3.63) is 89.0 Å². The Labute approximate surface area is 141 Å². The highest BCUT2D eigenvalue weighted by atomic mass is 19.1. The summed E-state index contributed by atoms with van der Waals surface area (Å²) in [4.78, 5) is 1.73. The Morgan fingerprint density at radius 3 is 1.88 bits per heavy atom. The highest BCUT2D eigenvalue weighted by Gasteiger charge is 2.17. The van der Waals surface area contributed by atoms with Gasteiger partial charge in [0.1, 0.15) is 11.6 Å². The molecule has 0 unspecified atom stereocenters. The summed E-state index contributed by atoms with van der Waals surface area (Å²) in [6, 6.07) is 17.7. The first-order chi connectivity index (χ1) is 11.5. The van der Waals surface area contributed by atoms with E-state index in [-0.39, 0.29) is 11.6 Å². The SMILES string of the molecule is Cc1ccc(N(c2ccc(C)c(F)c2)c2ccc(C)cc2F)cc1. The van der Waals surface area contributed by atoms with Crippen LogP contribution in [0, 0.1) is 32.4 Å². The monoisotopic (exact) mass is 323 g/mol. The molecule has 24 heavy (non-hydrogen) atoms. The zero-order chi connectivity index (χ0) is 17.3. The Morgan fingerprint density at radius 1 is 0.625 bits per heavy atom. The first-order valence-electron chi connectivity index (χ1n) is 7.85. The average Bonchev–Trinajstić information content (AvgIpc) is 2.54.